The van der Waals surface area contributed by atoms with Gasteiger partial charge in [0, 0.05) is 39.0 Å². The molecule has 1 aliphatic rings. The molecule has 144 valence electrons. The van der Waals surface area contributed by atoms with E-state index >= 15 is 0 Å². The SMILES string of the molecule is CN=C(NCc1cccc(OCC(=O)N(C)C)c1)NC1CCC(SC)C1. The lowest BCUT2D eigenvalue weighted by Crippen LogP contribution is -2.42. The predicted octanol–water partition coefficient (Wildman–Crippen LogP) is 2.10. The van der Waals surface area contributed by atoms with Crippen molar-refractivity contribution in [1.29, 1.82) is 0 Å². The molecule has 0 spiro atoms. The van der Waals surface area contributed by atoms with Gasteiger partial charge in [0.2, 0.25) is 0 Å². The van der Waals surface area contributed by atoms with E-state index in [1.165, 1.54) is 24.2 Å². The zero-order valence-corrected chi connectivity index (χ0v) is 16.9. The Hall–Kier alpha value is -1.89. The van der Waals surface area contributed by atoms with Crippen molar-refractivity contribution in [2.24, 2.45) is 4.99 Å². The minimum absolute atomic E-state index is 0.0470. The van der Waals surface area contributed by atoms with Gasteiger partial charge in [0.25, 0.3) is 5.91 Å². The molecule has 2 unspecified atom stereocenters. The Morgan fingerprint density at radius 3 is 2.85 bits per heavy atom. The van der Waals surface area contributed by atoms with Crippen LogP contribution >= 0.6 is 11.8 Å². The van der Waals surface area contributed by atoms with Gasteiger partial charge in [0.15, 0.2) is 12.6 Å². The Kier molecular flexibility index (Phi) is 8.09. The number of thioether (sulfide) groups is 1. The van der Waals surface area contributed by atoms with Crippen molar-refractivity contribution in [3.05, 3.63) is 29.8 Å². The predicted molar refractivity (Wildman–Crippen MR) is 109 cm³/mol. The summed E-state index contributed by atoms with van der Waals surface area (Å²) < 4.78 is 5.57. The standard InChI is InChI=1S/C19H30N4O2S/c1-20-19(22-15-8-9-17(11-15)26-4)21-12-14-6-5-7-16(10-14)25-13-18(24)23(2)3/h5-7,10,15,17H,8-9,11-13H2,1-4H3,(H2,20,21,22). The van der Waals surface area contributed by atoms with Gasteiger partial charge in [-0.25, -0.2) is 0 Å². The Bertz CT molecular complexity index is 621. The molecule has 1 aromatic carbocycles. The molecule has 2 atom stereocenters. The third-order valence-electron chi connectivity index (χ3n) is 4.50. The summed E-state index contributed by atoms with van der Waals surface area (Å²) in [4.78, 5) is 17.5. The zero-order chi connectivity index (χ0) is 18.9. The van der Waals surface area contributed by atoms with E-state index in [0.29, 0.717) is 18.3 Å². The fourth-order valence-electron chi connectivity index (χ4n) is 2.88. The second kappa shape index (κ2) is 10.3. The third kappa shape index (κ3) is 6.44. The minimum Gasteiger partial charge on any atom is -0.484 e. The molecule has 2 N–H and O–H groups in total. The number of nitrogens with one attached hydrogen (secondary N) is 2. The van der Waals surface area contributed by atoms with Crippen molar-refractivity contribution in [3.8, 4) is 5.75 Å². The van der Waals surface area contributed by atoms with E-state index in [-0.39, 0.29) is 12.5 Å². The number of amides is 1. The molecule has 1 fully saturated rings. The van der Waals surface area contributed by atoms with Crippen LogP contribution < -0.4 is 15.4 Å². The molecule has 0 saturated heterocycles. The number of nitrogens with zero attached hydrogens (tertiary/aromatic N) is 2. The molecule has 2 rings (SSSR count). The van der Waals surface area contributed by atoms with Crippen LogP contribution in [0.2, 0.25) is 0 Å². The Morgan fingerprint density at radius 1 is 1.38 bits per heavy atom. The highest BCUT2D eigenvalue weighted by molar-refractivity contribution is 7.99. The molecule has 6 nitrogen and oxygen atoms in total. The maximum absolute atomic E-state index is 11.6. The molecule has 1 saturated carbocycles. The van der Waals surface area contributed by atoms with E-state index in [4.69, 9.17) is 4.74 Å². The number of benzene rings is 1. The first-order valence-electron chi connectivity index (χ1n) is 8.93. The average molecular weight is 379 g/mol. The lowest BCUT2D eigenvalue weighted by molar-refractivity contribution is -0.130. The molecule has 1 aromatic rings. The van der Waals surface area contributed by atoms with E-state index in [9.17, 15) is 4.79 Å². The summed E-state index contributed by atoms with van der Waals surface area (Å²) in [6.45, 7) is 0.697. The summed E-state index contributed by atoms with van der Waals surface area (Å²) in [5, 5.41) is 7.62. The number of carbonyl (C=O) groups excluding carboxylic acids is 1. The largest absolute Gasteiger partial charge is 0.484 e. The number of aliphatic imine (C=N–C) groups is 1. The third-order valence-corrected chi connectivity index (χ3v) is 5.60. The van der Waals surface area contributed by atoms with Crippen LogP contribution in [0.4, 0.5) is 0 Å². The maximum Gasteiger partial charge on any atom is 0.259 e. The van der Waals surface area contributed by atoms with Crippen molar-refractivity contribution in [1.82, 2.24) is 15.5 Å². The van der Waals surface area contributed by atoms with Crippen molar-refractivity contribution < 1.29 is 9.53 Å². The molecular weight excluding hydrogens is 348 g/mol. The lowest BCUT2D eigenvalue weighted by Gasteiger charge is -2.17. The number of guanidine groups is 1. The first-order valence-corrected chi connectivity index (χ1v) is 10.2. The van der Waals surface area contributed by atoms with Crippen molar-refractivity contribution in [2.75, 3.05) is 34.0 Å². The highest BCUT2D eigenvalue weighted by Crippen LogP contribution is 2.28. The first kappa shape index (κ1) is 20.4. The van der Waals surface area contributed by atoms with Gasteiger partial charge in [0.05, 0.1) is 0 Å². The number of likely N-dealkylation sites (N-methyl/N-ethyl adjacent to an activating group) is 1. The second-order valence-electron chi connectivity index (χ2n) is 6.66. The van der Waals surface area contributed by atoms with Crippen LogP contribution in [0.15, 0.2) is 29.3 Å². The lowest BCUT2D eigenvalue weighted by atomic mass is 10.2. The van der Waals surface area contributed by atoms with E-state index in [2.05, 4.69) is 21.9 Å². The number of hydrogen-bond acceptors (Lipinski definition) is 4. The van der Waals surface area contributed by atoms with E-state index in [1.807, 2.05) is 36.0 Å². The molecule has 1 amide bonds. The van der Waals surface area contributed by atoms with Crippen LogP contribution in [0.5, 0.6) is 5.75 Å². The molecule has 26 heavy (non-hydrogen) atoms. The van der Waals surface area contributed by atoms with Gasteiger partial charge in [-0.1, -0.05) is 12.1 Å². The Morgan fingerprint density at radius 2 is 2.19 bits per heavy atom. The maximum atomic E-state index is 11.6. The van der Waals surface area contributed by atoms with Crippen LogP contribution in [-0.4, -0.2) is 62.1 Å². The summed E-state index contributed by atoms with van der Waals surface area (Å²) >= 11 is 1.95. The molecule has 1 aliphatic carbocycles. The number of ether oxygens (including phenoxy) is 1. The highest BCUT2D eigenvalue weighted by atomic mass is 32.2. The van der Waals surface area contributed by atoms with Crippen LogP contribution in [0.25, 0.3) is 0 Å². The summed E-state index contributed by atoms with van der Waals surface area (Å²) in [6.07, 6.45) is 5.82. The summed E-state index contributed by atoms with van der Waals surface area (Å²) in [7, 11) is 5.23. The zero-order valence-electron chi connectivity index (χ0n) is 16.1. The second-order valence-corrected chi connectivity index (χ2v) is 7.80. The normalized spacial score (nSPS) is 19.9. The molecule has 0 radical (unpaired) electrons. The van der Waals surface area contributed by atoms with Crippen LogP contribution in [0.1, 0.15) is 24.8 Å². The van der Waals surface area contributed by atoms with Gasteiger partial charge in [-0.15, -0.1) is 0 Å². The molecule has 0 heterocycles. The van der Waals surface area contributed by atoms with Crippen molar-refractivity contribution in [2.45, 2.75) is 37.1 Å². The van der Waals surface area contributed by atoms with Gasteiger partial charge in [-0.3, -0.25) is 9.79 Å². The molecular formula is C19H30N4O2S. The van der Waals surface area contributed by atoms with Crippen molar-refractivity contribution >= 4 is 23.6 Å². The molecule has 7 heteroatoms. The fraction of sp³-hybridized carbons (Fsp3) is 0.579. The Labute approximate surface area is 160 Å². The highest BCUT2D eigenvalue weighted by Gasteiger charge is 2.24. The topological polar surface area (TPSA) is 66.0 Å². The molecule has 0 aliphatic heterocycles. The fourth-order valence-corrected chi connectivity index (χ4v) is 3.68. The Balaban J connectivity index is 1.82. The smallest absolute Gasteiger partial charge is 0.259 e. The quantitative estimate of drug-likeness (QED) is 0.562. The average Bonchev–Trinajstić information content (AvgIpc) is 3.11. The summed E-state index contributed by atoms with van der Waals surface area (Å²) in [5.41, 5.74) is 1.08. The van der Waals surface area contributed by atoms with Gasteiger partial charge in [-0.05, 0) is 43.2 Å². The van der Waals surface area contributed by atoms with E-state index in [0.717, 1.165) is 16.8 Å². The monoisotopic (exact) mass is 378 g/mol. The van der Waals surface area contributed by atoms with Crippen LogP contribution in [0.3, 0.4) is 0 Å². The molecule has 0 bridgehead atoms. The summed E-state index contributed by atoms with van der Waals surface area (Å²) in [6, 6.07) is 8.26. The van der Waals surface area contributed by atoms with Crippen molar-refractivity contribution in [3.63, 3.8) is 0 Å². The number of hydrogen-bond donors (Lipinski definition) is 2. The summed E-state index contributed by atoms with van der Waals surface area (Å²) in [5.74, 6) is 1.46. The minimum atomic E-state index is -0.0572. The number of carbonyl (C=O) groups is 1. The number of rotatable bonds is 7. The van der Waals surface area contributed by atoms with E-state index in [1.54, 1.807) is 21.1 Å². The van der Waals surface area contributed by atoms with Gasteiger partial charge < -0.3 is 20.3 Å². The molecule has 0 aromatic heterocycles. The van der Waals surface area contributed by atoms with E-state index < -0.39 is 0 Å². The van der Waals surface area contributed by atoms with Gasteiger partial charge in [0.1, 0.15) is 5.75 Å². The van der Waals surface area contributed by atoms with Crippen LogP contribution in [-0.2, 0) is 11.3 Å². The first-order chi connectivity index (χ1) is 12.5. The van der Waals surface area contributed by atoms with Gasteiger partial charge in [-0.2, -0.15) is 11.8 Å². The van der Waals surface area contributed by atoms with Crippen LogP contribution in [0, 0.1) is 0 Å². The van der Waals surface area contributed by atoms with Gasteiger partial charge >= 0.3 is 0 Å².